The highest BCUT2D eigenvalue weighted by atomic mass is 16.5. The van der Waals surface area contributed by atoms with E-state index in [2.05, 4.69) is 20.4 Å². The van der Waals surface area contributed by atoms with Crippen molar-refractivity contribution >= 4 is 28.5 Å². The van der Waals surface area contributed by atoms with E-state index in [9.17, 15) is 4.79 Å². The highest BCUT2D eigenvalue weighted by Gasteiger charge is 2.10. The molecule has 3 aromatic rings. The second kappa shape index (κ2) is 6.04. The number of aryl methyl sites for hydroxylation is 1. The van der Waals surface area contributed by atoms with E-state index in [1.807, 2.05) is 20.9 Å². The average molecular weight is 311 g/mol. The van der Waals surface area contributed by atoms with Crippen LogP contribution in [0, 0.1) is 0 Å². The van der Waals surface area contributed by atoms with Gasteiger partial charge < -0.3 is 10.1 Å². The summed E-state index contributed by atoms with van der Waals surface area (Å²) < 4.78 is 6.85. The molecule has 0 aliphatic heterocycles. The average Bonchev–Trinajstić information content (AvgIpc) is 2.90. The van der Waals surface area contributed by atoms with Gasteiger partial charge in [0.2, 0.25) is 0 Å². The molecule has 3 rings (SSSR count). The molecule has 1 aromatic carbocycles. The van der Waals surface area contributed by atoms with Crippen LogP contribution in [0.25, 0.3) is 11.0 Å². The van der Waals surface area contributed by atoms with Crippen LogP contribution < -0.4 is 5.32 Å². The molecule has 1 N–H and O–H groups in total. The van der Waals surface area contributed by atoms with Gasteiger partial charge in [0.1, 0.15) is 12.1 Å². The van der Waals surface area contributed by atoms with Gasteiger partial charge in [0.05, 0.1) is 23.3 Å². The number of nitrogens with zero attached hydrogens (tertiary/aromatic N) is 4. The first kappa shape index (κ1) is 15.0. The maximum Gasteiger partial charge on any atom is 0.338 e. The Bertz CT molecular complexity index is 839. The highest BCUT2D eigenvalue weighted by molar-refractivity contribution is 5.91. The third-order valence-corrected chi connectivity index (χ3v) is 3.26. The van der Waals surface area contributed by atoms with Crippen molar-refractivity contribution < 1.29 is 9.53 Å². The third-order valence-electron chi connectivity index (χ3n) is 3.26. The molecule has 7 heteroatoms. The molecule has 0 aliphatic carbocycles. The predicted molar refractivity (Wildman–Crippen MR) is 86.6 cm³/mol. The smallest absolute Gasteiger partial charge is 0.338 e. The van der Waals surface area contributed by atoms with Gasteiger partial charge in [0.25, 0.3) is 0 Å². The zero-order chi connectivity index (χ0) is 16.4. The molecular weight excluding hydrogens is 294 g/mol. The van der Waals surface area contributed by atoms with Gasteiger partial charge in [-0.1, -0.05) is 0 Å². The quantitative estimate of drug-likeness (QED) is 0.746. The Balaban J connectivity index is 1.81. The van der Waals surface area contributed by atoms with E-state index in [0.717, 1.165) is 16.7 Å². The molecule has 7 nitrogen and oxygen atoms in total. The molecule has 0 aliphatic rings. The maximum atomic E-state index is 11.8. The van der Waals surface area contributed by atoms with Gasteiger partial charge in [-0.2, -0.15) is 5.10 Å². The molecule has 0 saturated carbocycles. The monoisotopic (exact) mass is 311 g/mol. The minimum absolute atomic E-state index is 0.139. The lowest BCUT2D eigenvalue weighted by Crippen LogP contribution is -2.11. The first-order chi connectivity index (χ1) is 11.0. The van der Waals surface area contributed by atoms with Crippen molar-refractivity contribution in [1.82, 2.24) is 19.7 Å². The zero-order valence-electron chi connectivity index (χ0n) is 13.1. The molecule has 0 unspecified atom stereocenters. The number of fused-ring (bicyclic) bond motifs is 1. The number of hydrogen-bond donors (Lipinski definition) is 1. The second-order valence-electron chi connectivity index (χ2n) is 5.38. The Kier molecular flexibility index (Phi) is 3.92. The van der Waals surface area contributed by atoms with Gasteiger partial charge in [0.15, 0.2) is 5.65 Å². The molecule has 0 radical (unpaired) electrons. The fraction of sp³-hybridized carbons (Fsp3) is 0.250. The van der Waals surface area contributed by atoms with E-state index in [0.29, 0.717) is 11.4 Å². The molecule has 118 valence electrons. The zero-order valence-corrected chi connectivity index (χ0v) is 13.1. The summed E-state index contributed by atoms with van der Waals surface area (Å²) in [6.07, 6.45) is 3.06. The van der Waals surface area contributed by atoms with Crippen molar-refractivity contribution in [3.63, 3.8) is 0 Å². The predicted octanol–water partition coefficient (Wildman–Crippen LogP) is 2.67. The largest absolute Gasteiger partial charge is 0.459 e. The number of ether oxygens (including phenoxy) is 1. The summed E-state index contributed by atoms with van der Waals surface area (Å²) in [6.45, 7) is 3.64. The number of esters is 1. The minimum atomic E-state index is -0.330. The summed E-state index contributed by atoms with van der Waals surface area (Å²) in [7, 11) is 1.83. The van der Waals surface area contributed by atoms with Crippen LogP contribution >= 0.6 is 0 Å². The second-order valence-corrected chi connectivity index (χ2v) is 5.38. The Morgan fingerprint density at radius 2 is 1.96 bits per heavy atom. The number of carbonyl (C=O) groups is 1. The number of carbonyl (C=O) groups excluding carboxylic acids is 1. The molecule has 0 amide bonds. The van der Waals surface area contributed by atoms with Crippen molar-refractivity contribution in [3.8, 4) is 0 Å². The molecular formula is C16H17N5O2. The standard InChI is InChI=1S/C16H17N5O2/c1-10(2)23-16(22)11-4-6-12(7-5-11)20-14-13-8-19-21(3)15(13)18-9-17-14/h4-10H,1-3H3,(H,17,18,20). The SMILES string of the molecule is CC(C)OC(=O)c1ccc(Nc2ncnc3c2cnn3C)cc1. The summed E-state index contributed by atoms with van der Waals surface area (Å²) >= 11 is 0. The molecule has 0 atom stereocenters. The lowest BCUT2D eigenvalue weighted by Gasteiger charge is -2.09. The Hall–Kier alpha value is -2.96. The first-order valence-electron chi connectivity index (χ1n) is 7.25. The van der Waals surface area contributed by atoms with E-state index in [1.54, 1.807) is 35.1 Å². The number of hydrogen-bond acceptors (Lipinski definition) is 6. The fourth-order valence-electron chi connectivity index (χ4n) is 2.17. The topological polar surface area (TPSA) is 81.9 Å². The van der Waals surface area contributed by atoms with Gasteiger partial charge in [0, 0.05) is 12.7 Å². The molecule has 23 heavy (non-hydrogen) atoms. The summed E-state index contributed by atoms with van der Waals surface area (Å²) in [6, 6.07) is 7.05. The lowest BCUT2D eigenvalue weighted by molar-refractivity contribution is 0.0378. The van der Waals surface area contributed by atoms with E-state index in [4.69, 9.17) is 4.74 Å². The number of aromatic nitrogens is 4. The number of rotatable bonds is 4. The van der Waals surface area contributed by atoms with Crippen LogP contribution in [0.4, 0.5) is 11.5 Å². The molecule has 0 saturated heterocycles. The molecule has 2 heterocycles. The summed E-state index contributed by atoms with van der Waals surface area (Å²) in [5.74, 6) is 0.337. The van der Waals surface area contributed by atoms with E-state index in [1.165, 1.54) is 6.33 Å². The van der Waals surface area contributed by atoms with Crippen LogP contribution in [0.2, 0.25) is 0 Å². The minimum Gasteiger partial charge on any atom is -0.459 e. The summed E-state index contributed by atoms with van der Waals surface area (Å²) in [5, 5.41) is 8.22. The Morgan fingerprint density at radius 3 is 2.65 bits per heavy atom. The first-order valence-corrected chi connectivity index (χ1v) is 7.25. The van der Waals surface area contributed by atoms with Crippen LogP contribution in [0.15, 0.2) is 36.8 Å². The maximum absolute atomic E-state index is 11.8. The van der Waals surface area contributed by atoms with E-state index in [-0.39, 0.29) is 12.1 Å². The van der Waals surface area contributed by atoms with Crippen molar-refractivity contribution in [2.24, 2.45) is 7.05 Å². The highest BCUT2D eigenvalue weighted by Crippen LogP contribution is 2.22. The molecule has 0 bridgehead atoms. The normalized spacial score (nSPS) is 11.0. The van der Waals surface area contributed by atoms with Crippen molar-refractivity contribution in [1.29, 1.82) is 0 Å². The van der Waals surface area contributed by atoms with Crippen molar-refractivity contribution in [2.75, 3.05) is 5.32 Å². The molecule has 2 aromatic heterocycles. The molecule has 0 spiro atoms. The number of nitrogens with one attached hydrogen (secondary N) is 1. The fourth-order valence-corrected chi connectivity index (χ4v) is 2.17. The van der Waals surface area contributed by atoms with Crippen LogP contribution in [0.1, 0.15) is 24.2 Å². The molecule has 0 fully saturated rings. The lowest BCUT2D eigenvalue weighted by atomic mass is 10.2. The van der Waals surface area contributed by atoms with E-state index < -0.39 is 0 Å². The Labute approximate surface area is 133 Å². The van der Waals surface area contributed by atoms with E-state index >= 15 is 0 Å². The van der Waals surface area contributed by atoms with Gasteiger partial charge in [-0.05, 0) is 38.1 Å². The summed E-state index contributed by atoms with van der Waals surface area (Å²) in [4.78, 5) is 20.3. The Morgan fingerprint density at radius 1 is 1.22 bits per heavy atom. The van der Waals surface area contributed by atoms with Gasteiger partial charge >= 0.3 is 5.97 Å². The number of benzene rings is 1. The van der Waals surface area contributed by atoms with Crippen LogP contribution in [-0.2, 0) is 11.8 Å². The number of anilines is 2. The van der Waals surface area contributed by atoms with Crippen LogP contribution in [0.5, 0.6) is 0 Å². The third kappa shape index (κ3) is 3.13. The van der Waals surface area contributed by atoms with Gasteiger partial charge in [-0.25, -0.2) is 14.8 Å². The van der Waals surface area contributed by atoms with Gasteiger partial charge in [-0.3, -0.25) is 4.68 Å². The van der Waals surface area contributed by atoms with Crippen molar-refractivity contribution in [2.45, 2.75) is 20.0 Å². The van der Waals surface area contributed by atoms with Crippen molar-refractivity contribution in [3.05, 3.63) is 42.4 Å². The van der Waals surface area contributed by atoms with Crippen LogP contribution in [0.3, 0.4) is 0 Å². The van der Waals surface area contributed by atoms with Gasteiger partial charge in [-0.15, -0.1) is 0 Å². The van der Waals surface area contributed by atoms with Crippen LogP contribution in [-0.4, -0.2) is 31.8 Å². The summed E-state index contributed by atoms with van der Waals surface area (Å²) in [5.41, 5.74) is 2.08.